The molecule has 33 heavy (non-hydrogen) atoms. The quantitative estimate of drug-likeness (QED) is 0.453. The van der Waals surface area contributed by atoms with Gasteiger partial charge in [0.15, 0.2) is 5.78 Å². The maximum absolute atomic E-state index is 12.8. The van der Waals surface area contributed by atoms with Gasteiger partial charge in [-0.25, -0.2) is 4.98 Å². The minimum Gasteiger partial charge on any atom is -0.372 e. The number of hydrogen-bond donors (Lipinski definition) is 0. The molecule has 8 nitrogen and oxygen atoms in total. The summed E-state index contributed by atoms with van der Waals surface area (Å²) < 4.78 is 7.80. The number of anilines is 1. The molecule has 8 heteroatoms. The molecule has 0 amide bonds. The first-order valence-corrected chi connectivity index (χ1v) is 11.1. The number of aromatic nitrogens is 5. The van der Waals surface area contributed by atoms with E-state index in [1.807, 2.05) is 41.2 Å². The summed E-state index contributed by atoms with van der Waals surface area (Å²) in [4.78, 5) is 32.5. The van der Waals surface area contributed by atoms with Crippen molar-refractivity contribution in [3.63, 3.8) is 0 Å². The lowest BCUT2D eigenvalue weighted by molar-refractivity contribution is -0.119. The Kier molecular flexibility index (Phi) is 5.83. The minimum absolute atomic E-state index is 0.0769. The number of nitrogens with zero attached hydrogens (tertiary/aromatic N) is 6. The predicted molar refractivity (Wildman–Crippen MR) is 126 cm³/mol. The molecule has 5 rings (SSSR count). The number of ether oxygens (including phenoxy) is 1. The summed E-state index contributed by atoms with van der Waals surface area (Å²) in [7, 11) is 0. The Hall–Kier alpha value is -3.65. The van der Waals surface area contributed by atoms with Gasteiger partial charge in [0, 0.05) is 66.4 Å². The largest absolute Gasteiger partial charge is 0.372 e. The molecule has 0 aromatic carbocycles. The smallest absolute Gasteiger partial charge is 0.158 e. The van der Waals surface area contributed by atoms with Crippen LogP contribution in [0.15, 0.2) is 61.4 Å². The lowest BCUT2D eigenvalue weighted by atomic mass is 10.1. The Labute approximate surface area is 192 Å². The number of fused-ring (bicyclic) bond motifs is 1. The monoisotopic (exact) mass is 442 g/mol. The molecular weight excluding hydrogens is 416 g/mol. The van der Waals surface area contributed by atoms with Crippen molar-refractivity contribution in [3.05, 3.63) is 67.1 Å². The van der Waals surface area contributed by atoms with Gasteiger partial charge < -0.3 is 14.2 Å². The average Bonchev–Trinajstić information content (AvgIpc) is 3.22. The molecule has 0 saturated carbocycles. The Morgan fingerprint density at radius 1 is 1.00 bits per heavy atom. The van der Waals surface area contributed by atoms with Crippen molar-refractivity contribution in [3.8, 4) is 11.3 Å². The SMILES string of the molecule is CC1CN(c2ccnc3c2ccn3CC(=O)Cc2ccc(-c3cnccn3)cn2)CC(C)O1. The van der Waals surface area contributed by atoms with Crippen molar-refractivity contribution < 1.29 is 9.53 Å². The van der Waals surface area contributed by atoms with Crippen LogP contribution in [0.1, 0.15) is 19.5 Å². The van der Waals surface area contributed by atoms with Crippen molar-refractivity contribution in [2.45, 2.75) is 39.0 Å². The van der Waals surface area contributed by atoms with Crippen LogP contribution in [-0.4, -0.2) is 55.6 Å². The van der Waals surface area contributed by atoms with E-state index in [1.54, 1.807) is 24.8 Å². The first kappa shape index (κ1) is 21.2. The van der Waals surface area contributed by atoms with E-state index in [2.05, 4.69) is 38.7 Å². The number of rotatable bonds is 6. The number of Topliss-reactive ketones (excluding diaryl/α,β-unsaturated/α-hetero) is 1. The molecule has 0 aliphatic carbocycles. The normalized spacial score (nSPS) is 18.5. The lowest BCUT2D eigenvalue weighted by Crippen LogP contribution is -2.45. The van der Waals surface area contributed by atoms with Crippen molar-refractivity contribution in [2.75, 3.05) is 18.0 Å². The van der Waals surface area contributed by atoms with Crippen LogP contribution >= 0.6 is 0 Å². The van der Waals surface area contributed by atoms with Crippen molar-refractivity contribution in [1.82, 2.24) is 24.5 Å². The Morgan fingerprint density at radius 2 is 1.85 bits per heavy atom. The van der Waals surface area contributed by atoms with E-state index in [-0.39, 0.29) is 31.0 Å². The van der Waals surface area contributed by atoms with Gasteiger partial charge in [0.2, 0.25) is 0 Å². The molecule has 0 spiro atoms. The van der Waals surface area contributed by atoms with Crippen molar-refractivity contribution in [1.29, 1.82) is 0 Å². The molecule has 0 bridgehead atoms. The molecule has 2 atom stereocenters. The van der Waals surface area contributed by atoms with Gasteiger partial charge in [0.25, 0.3) is 0 Å². The van der Waals surface area contributed by atoms with Gasteiger partial charge in [-0.05, 0) is 38.1 Å². The van der Waals surface area contributed by atoms with E-state index in [0.29, 0.717) is 0 Å². The summed E-state index contributed by atoms with van der Waals surface area (Å²) in [6, 6.07) is 7.88. The highest BCUT2D eigenvalue weighted by Gasteiger charge is 2.24. The fourth-order valence-corrected chi connectivity index (χ4v) is 4.43. The molecule has 168 valence electrons. The highest BCUT2D eigenvalue weighted by molar-refractivity contribution is 5.91. The van der Waals surface area contributed by atoms with Gasteiger partial charge >= 0.3 is 0 Å². The molecule has 4 aromatic heterocycles. The molecule has 2 unspecified atom stereocenters. The first-order valence-electron chi connectivity index (χ1n) is 11.1. The number of pyridine rings is 2. The van der Waals surface area contributed by atoms with Gasteiger partial charge in [-0.1, -0.05) is 0 Å². The topological polar surface area (TPSA) is 86.0 Å². The molecule has 1 aliphatic rings. The van der Waals surface area contributed by atoms with E-state index in [0.717, 1.165) is 46.8 Å². The van der Waals surface area contributed by atoms with Crippen molar-refractivity contribution >= 4 is 22.5 Å². The van der Waals surface area contributed by atoms with Crippen LogP contribution in [-0.2, 0) is 22.5 Å². The highest BCUT2D eigenvalue weighted by atomic mass is 16.5. The number of carbonyl (C=O) groups excluding carboxylic acids is 1. The molecular formula is C25H26N6O2. The standard InChI is InChI=1S/C25H26N6O2/c1-17-14-31(15-18(2)33-17)24-5-7-28-25-22(24)6-10-30(25)16-21(32)11-20-4-3-19(12-29-20)23-13-26-8-9-27-23/h3-10,12-13,17-18H,11,14-16H2,1-2H3. The Bertz CT molecular complexity index is 1250. The molecule has 1 aliphatic heterocycles. The zero-order valence-electron chi connectivity index (χ0n) is 18.8. The maximum atomic E-state index is 12.8. The van der Waals surface area contributed by atoms with Gasteiger partial charge in [0.05, 0.1) is 37.1 Å². The minimum atomic E-state index is 0.0769. The summed E-state index contributed by atoms with van der Waals surface area (Å²) in [6.07, 6.45) is 11.1. The van der Waals surface area contributed by atoms with Crippen LogP contribution in [0, 0.1) is 0 Å². The molecule has 1 fully saturated rings. The highest BCUT2D eigenvalue weighted by Crippen LogP contribution is 2.29. The number of ketones is 1. The second-order valence-electron chi connectivity index (χ2n) is 8.52. The third kappa shape index (κ3) is 4.61. The zero-order chi connectivity index (χ0) is 22.8. The van der Waals surface area contributed by atoms with Crippen LogP contribution in [0.4, 0.5) is 5.69 Å². The van der Waals surface area contributed by atoms with E-state index < -0.39 is 0 Å². The van der Waals surface area contributed by atoms with E-state index in [9.17, 15) is 4.79 Å². The van der Waals surface area contributed by atoms with Crippen LogP contribution in [0.2, 0.25) is 0 Å². The van der Waals surface area contributed by atoms with E-state index in [1.165, 1.54) is 0 Å². The van der Waals surface area contributed by atoms with Crippen LogP contribution in [0.3, 0.4) is 0 Å². The average molecular weight is 443 g/mol. The summed E-state index contributed by atoms with van der Waals surface area (Å²) >= 11 is 0. The van der Waals surface area contributed by atoms with Crippen LogP contribution < -0.4 is 4.90 Å². The fourth-order valence-electron chi connectivity index (χ4n) is 4.43. The summed E-state index contributed by atoms with van der Waals surface area (Å²) in [5.41, 5.74) is 4.31. The third-order valence-electron chi connectivity index (χ3n) is 5.81. The van der Waals surface area contributed by atoms with Gasteiger partial charge in [-0.3, -0.25) is 19.7 Å². The van der Waals surface area contributed by atoms with Gasteiger partial charge in [0.1, 0.15) is 5.65 Å². The van der Waals surface area contributed by atoms with Crippen LogP contribution in [0.5, 0.6) is 0 Å². The number of hydrogen-bond acceptors (Lipinski definition) is 7. The van der Waals surface area contributed by atoms with Gasteiger partial charge in [-0.15, -0.1) is 0 Å². The van der Waals surface area contributed by atoms with Crippen molar-refractivity contribution in [2.24, 2.45) is 0 Å². The zero-order valence-corrected chi connectivity index (χ0v) is 18.8. The number of morpholine rings is 1. The maximum Gasteiger partial charge on any atom is 0.158 e. The Morgan fingerprint density at radius 3 is 2.58 bits per heavy atom. The molecule has 0 N–H and O–H groups in total. The fraction of sp³-hybridized carbons (Fsp3) is 0.320. The van der Waals surface area contributed by atoms with Gasteiger partial charge in [-0.2, -0.15) is 0 Å². The third-order valence-corrected chi connectivity index (χ3v) is 5.81. The van der Waals surface area contributed by atoms with Crippen LogP contribution in [0.25, 0.3) is 22.3 Å². The Balaban J connectivity index is 1.30. The summed E-state index contributed by atoms with van der Waals surface area (Å²) in [6.45, 7) is 6.12. The molecule has 4 aromatic rings. The predicted octanol–water partition coefficient (Wildman–Crippen LogP) is 3.31. The second-order valence-corrected chi connectivity index (χ2v) is 8.52. The molecule has 5 heterocycles. The number of carbonyl (C=O) groups is 1. The first-order chi connectivity index (χ1) is 16.1. The summed E-state index contributed by atoms with van der Waals surface area (Å²) in [5, 5.41) is 1.05. The van der Waals surface area contributed by atoms with E-state index in [4.69, 9.17) is 4.74 Å². The summed E-state index contributed by atoms with van der Waals surface area (Å²) in [5.74, 6) is 0.0769. The second kappa shape index (κ2) is 9.07. The molecule has 1 saturated heterocycles. The lowest BCUT2D eigenvalue weighted by Gasteiger charge is -2.37. The van der Waals surface area contributed by atoms with E-state index >= 15 is 0 Å². The molecule has 0 radical (unpaired) electrons.